The standard InChI is InChI=1S/C19H27N5O2.CH2O2/c1-14(15-9-11-23(2)12-10-15)20-19(25)24(3)13-17-21-22-18(26-17)16-7-5-4-6-8-16;2-1-3/h4-8,14-15H,9-13H2,1-3H3,(H,20,25);1H,(H,2,3). The highest BCUT2D eigenvalue weighted by Gasteiger charge is 2.24. The van der Waals surface area contributed by atoms with Gasteiger partial charge in [0.2, 0.25) is 11.8 Å². The van der Waals surface area contributed by atoms with Gasteiger partial charge in [-0.15, -0.1) is 10.2 Å². The third-order valence-electron chi connectivity index (χ3n) is 5.03. The average Bonchev–Trinajstić information content (AvgIpc) is 3.18. The first-order valence-electron chi connectivity index (χ1n) is 9.60. The van der Waals surface area contributed by atoms with Gasteiger partial charge >= 0.3 is 6.03 Å². The molecule has 1 fully saturated rings. The molecule has 3 rings (SSSR count). The Morgan fingerprint density at radius 3 is 2.59 bits per heavy atom. The third kappa shape index (κ3) is 6.86. The fraction of sp³-hybridized carbons (Fsp3) is 0.500. The van der Waals surface area contributed by atoms with E-state index in [9.17, 15) is 4.79 Å². The summed E-state index contributed by atoms with van der Waals surface area (Å²) < 4.78 is 5.67. The quantitative estimate of drug-likeness (QED) is 0.737. The minimum Gasteiger partial charge on any atom is -0.483 e. The van der Waals surface area contributed by atoms with Crippen molar-refractivity contribution in [2.45, 2.75) is 32.4 Å². The van der Waals surface area contributed by atoms with Crippen LogP contribution in [0.25, 0.3) is 11.5 Å². The van der Waals surface area contributed by atoms with E-state index in [0.29, 0.717) is 17.7 Å². The van der Waals surface area contributed by atoms with Gasteiger partial charge in [0.15, 0.2) is 0 Å². The van der Waals surface area contributed by atoms with Crippen molar-refractivity contribution in [2.75, 3.05) is 27.2 Å². The maximum absolute atomic E-state index is 12.5. The van der Waals surface area contributed by atoms with Crippen LogP contribution in [-0.2, 0) is 11.3 Å². The van der Waals surface area contributed by atoms with Crippen LogP contribution in [0.3, 0.4) is 0 Å². The number of piperidine rings is 1. The molecule has 1 unspecified atom stereocenters. The molecule has 9 heteroatoms. The molecule has 2 aromatic rings. The molecule has 0 spiro atoms. The maximum Gasteiger partial charge on any atom is 0.317 e. The molecular weight excluding hydrogens is 374 g/mol. The van der Waals surface area contributed by atoms with E-state index >= 15 is 0 Å². The zero-order chi connectivity index (χ0) is 21.2. The molecule has 0 saturated carbocycles. The number of nitrogens with zero attached hydrogens (tertiary/aromatic N) is 4. The van der Waals surface area contributed by atoms with Crippen LogP contribution in [0.15, 0.2) is 34.7 Å². The summed E-state index contributed by atoms with van der Waals surface area (Å²) in [5, 5.41) is 18.1. The Balaban J connectivity index is 0.000000941. The van der Waals surface area contributed by atoms with Gasteiger partial charge in [-0.25, -0.2) is 4.79 Å². The fourth-order valence-corrected chi connectivity index (χ4v) is 3.24. The number of hydrogen-bond donors (Lipinski definition) is 2. The van der Waals surface area contributed by atoms with Gasteiger partial charge in [0.1, 0.15) is 6.54 Å². The summed E-state index contributed by atoms with van der Waals surface area (Å²) in [6.07, 6.45) is 2.23. The zero-order valence-corrected chi connectivity index (χ0v) is 17.1. The maximum atomic E-state index is 12.5. The molecule has 0 bridgehead atoms. The van der Waals surface area contributed by atoms with Crippen LogP contribution in [0.1, 0.15) is 25.7 Å². The summed E-state index contributed by atoms with van der Waals surface area (Å²) >= 11 is 0. The van der Waals surface area contributed by atoms with Crippen molar-refractivity contribution in [3.63, 3.8) is 0 Å². The first kappa shape index (κ1) is 22.4. The van der Waals surface area contributed by atoms with Gasteiger partial charge in [-0.2, -0.15) is 0 Å². The predicted octanol–water partition coefficient (Wildman–Crippen LogP) is 2.31. The van der Waals surface area contributed by atoms with Crippen LogP contribution < -0.4 is 5.32 Å². The van der Waals surface area contributed by atoms with Crippen LogP contribution in [0.4, 0.5) is 4.79 Å². The van der Waals surface area contributed by atoms with Crippen LogP contribution in [0.5, 0.6) is 0 Å². The lowest BCUT2D eigenvalue weighted by atomic mass is 9.90. The molecule has 0 radical (unpaired) electrons. The number of hydrogen-bond acceptors (Lipinski definition) is 6. The van der Waals surface area contributed by atoms with E-state index in [2.05, 4.69) is 34.4 Å². The summed E-state index contributed by atoms with van der Waals surface area (Å²) in [6.45, 7) is 4.30. The summed E-state index contributed by atoms with van der Waals surface area (Å²) in [4.78, 5) is 24.7. The van der Waals surface area contributed by atoms with Crippen LogP contribution >= 0.6 is 0 Å². The minimum absolute atomic E-state index is 0.115. The van der Waals surface area contributed by atoms with Gasteiger partial charge in [0, 0.05) is 18.7 Å². The third-order valence-corrected chi connectivity index (χ3v) is 5.03. The largest absolute Gasteiger partial charge is 0.483 e. The number of carbonyl (C=O) groups excluding carboxylic acids is 1. The lowest BCUT2D eigenvalue weighted by Crippen LogP contribution is -2.47. The van der Waals surface area contributed by atoms with Gasteiger partial charge < -0.3 is 24.6 Å². The highest BCUT2D eigenvalue weighted by Crippen LogP contribution is 2.20. The highest BCUT2D eigenvalue weighted by atomic mass is 16.4. The molecule has 9 nitrogen and oxygen atoms in total. The molecular formula is C20H29N5O4. The molecule has 1 saturated heterocycles. The first-order chi connectivity index (χ1) is 13.9. The minimum atomic E-state index is -0.250. The summed E-state index contributed by atoms with van der Waals surface area (Å²) in [5.41, 5.74) is 0.870. The summed E-state index contributed by atoms with van der Waals surface area (Å²) in [5.74, 6) is 1.42. The number of rotatable bonds is 5. The van der Waals surface area contributed by atoms with E-state index in [1.54, 1.807) is 11.9 Å². The van der Waals surface area contributed by atoms with Crippen molar-refractivity contribution in [3.05, 3.63) is 36.2 Å². The smallest absolute Gasteiger partial charge is 0.317 e. The fourth-order valence-electron chi connectivity index (χ4n) is 3.24. The SMILES string of the molecule is CC(NC(=O)N(C)Cc1nnc(-c2ccccc2)o1)C1CCN(C)CC1.O=CO. The van der Waals surface area contributed by atoms with Crippen molar-refractivity contribution in [1.29, 1.82) is 0 Å². The Morgan fingerprint density at radius 2 is 1.97 bits per heavy atom. The topological polar surface area (TPSA) is 112 Å². The number of urea groups is 1. The molecule has 1 aliphatic rings. The van der Waals surface area contributed by atoms with Crippen LogP contribution in [0.2, 0.25) is 0 Å². The Morgan fingerprint density at radius 1 is 1.34 bits per heavy atom. The number of carboxylic acid groups (broad SMARTS) is 1. The number of aromatic nitrogens is 2. The van der Waals surface area contributed by atoms with Crippen molar-refractivity contribution in [1.82, 2.24) is 25.3 Å². The first-order valence-corrected chi connectivity index (χ1v) is 9.60. The van der Waals surface area contributed by atoms with Crippen molar-refractivity contribution in [2.24, 2.45) is 5.92 Å². The van der Waals surface area contributed by atoms with E-state index in [1.807, 2.05) is 30.3 Å². The Kier molecular flexibility index (Phi) is 8.60. The molecule has 2 amide bonds. The summed E-state index contributed by atoms with van der Waals surface area (Å²) in [7, 11) is 3.88. The number of nitrogens with one attached hydrogen (secondary N) is 1. The van der Waals surface area contributed by atoms with E-state index in [-0.39, 0.29) is 25.1 Å². The van der Waals surface area contributed by atoms with Crippen molar-refractivity contribution < 1.29 is 19.1 Å². The average molecular weight is 403 g/mol. The van der Waals surface area contributed by atoms with Crippen LogP contribution in [-0.4, -0.2) is 70.8 Å². The van der Waals surface area contributed by atoms with E-state index < -0.39 is 0 Å². The Bertz CT molecular complexity index is 759. The molecule has 1 aromatic heterocycles. The second kappa shape index (κ2) is 11.2. The Hall–Kier alpha value is -2.94. The van der Waals surface area contributed by atoms with Crippen molar-refractivity contribution in [3.8, 4) is 11.5 Å². The molecule has 158 valence electrons. The molecule has 1 aromatic carbocycles. The van der Waals surface area contributed by atoms with Gasteiger partial charge in [0.25, 0.3) is 6.47 Å². The molecule has 2 N–H and O–H groups in total. The zero-order valence-electron chi connectivity index (χ0n) is 17.1. The van der Waals surface area contributed by atoms with Gasteiger partial charge in [-0.3, -0.25) is 4.79 Å². The normalized spacial score (nSPS) is 15.7. The number of benzene rings is 1. The Labute approximate surface area is 170 Å². The molecule has 1 aliphatic heterocycles. The second-order valence-corrected chi connectivity index (χ2v) is 7.21. The molecule has 0 aliphatic carbocycles. The second-order valence-electron chi connectivity index (χ2n) is 7.21. The predicted molar refractivity (Wildman–Crippen MR) is 108 cm³/mol. The lowest BCUT2D eigenvalue weighted by molar-refractivity contribution is -0.122. The van der Waals surface area contributed by atoms with Crippen LogP contribution in [0, 0.1) is 5.92 Å². The monoisotopic (exact) mass is 403 g/mol. The van der Waals surface area contributed by atoms with Gasteiger partial charge in [-0.05, 0) is 58.0 Å². The molecule has 29 heavy (non-hydrogen) atoms. The highest BCUT2D eigenvalue weighted by molar-refractivity contribution is 5.74. The van der Waals surface area contributed by atoms with E-state index in [1.165, 1.54) is 0 Å². The van der Waals surface area contributed by atoms with E-state index in [0.717, 1.165) is 31.5 Å². The number of likely N-dealkylation sites (tertiary alicyclic amines) is 1. The lowest BCUT2D eigenvalue weighted by Gasteiger charge is -2.33. The van der Waals surface area contributed by atoms with Gasteiger partial charge in [-0.1, -0.05) is 18.2 Å². The number of amides is 2. The molecule has 2 heterocycles. The van der Waals surface area contributed by atoms with Crippen molar-refractivity contribution >= 4 is 12.5 Å². The van der Waals surface area contributed by atoms with E-state index in [4.69, 9.17) is 14.3 Å². The van der Waals surface area contributed by atoms with Gasteiger partial charge in [0.05, 0.1) is 0 Å². The number of carbonyl (C=O) groups is 2. The summed E-state index contributed by atoms with van der Waals surface area (Å²) in [6, 6.07) is 9.64. The molecule has 1 atom stereocenters.